The lowest BCUT2D eigenvalue weighted by Gasteiger charge is -2.16. The van der Waals surface area contributed by atoms with Gasteiger partial charge >= 0.3 is 5.97 Å². The Hall–Kier alpha value is -2.09. The van der Waals surface area contributed by atoms with Crippen LogP contribution in [-0.2, 0) is 12.8 Å². The van der Waals surface area contributed by atoms with Crippen molar-refractivity contribution in [2.45, 2.75) is 25.7 Å². The van der Waals surface area contributed by atoms with Crippen LogP contribution in [0.5, 0.6) is 5.75 Å². The van der Waals surface area contributed by atoms with Gasteiger partial charge in [-0.2, -0.15) is 0 Å². The van der Waals surface area contributed by atoms with E-state index in [0.717, 1.165) is 12.8 Å². The average molecular weight is 252 g/mol. The number of rotatable bonds is 2. The smallest absolute Gasteiger partial charge is 0.343 e. The van der Waals surface area contributed by atoms with E-state index in [2.05, 4.69) is 6.07 Å². The van der Waals surface area contributed by atoms with Gasteiger partial charge in [0.25, 0.3) is 0 Å². The van der Waals surface area contributed by atoms with Crippen LogP contribution in [0.4, 0.5) is 0 Å². The maximum Gasteiger partial charge on any atom is 0.343 e. The fourth-order valence-electron chi connectivity index (χ4n) is 2.51. The van der Waals surface area contributed by atoms with E-state index in [0.29, 0.717) is 11.3 Å². The van der Waals surface area contributed by atoms with E-state index >= 15 is 0 Å². The Kier molecular flexibility index (Phi) is 3.32. The van der Waals surface area contributed by atoms with Crippen molar-refractivity contribution in [3.05, 3.63) is 65.2 Å². The predicted octanol–water partition coefficient (Wildman–Crippen LogP) is 3.78. The van der Waals surface area contributed by atoms with Crippen LogP contribution in [0, 0.1) is 0 Å². The summed E-state index contributed by atoms with van der Waals surface area (Å²) < 4.78 is 5.43. The second-order valence-electron chi connectivity index (χ2n) is 4.89. The minimum Gasteiger partial charge on any atom is -0.423 e. The maximum atomic E-state index is 12.0. The molecule has 0 atom stereocenters. The molecule has 0 bridgehead atoms. The lowest BCUT2D eigenvalue weighted by molar-refractivity contribution is 0.0734. The van der Waals surface area contributed by atoms with Crippen molar-refractivity contribution >= 4 is 5.97 Å². The first-order valence-corrected chi connectivity index (χ1v) is 6.72. The molecule has 0 aromatic heterocycles. The minimum absolute atomic E-state index is 0.295. The van der Waals surface area contributed by atoms with E-state index in [4.69, 9.17) is 4.74 Å². The summed E-state index contributed by atoms with van der Waals surface area (Å²) in [6.45, 7) is 0. The second kappa shape index (κ2) is 5.27. The van der Waals surface area contributed by atoms with Crippen LogP contribution in [0.3, 0.4) is 0 Å². The number of fused-ring (bicyclic) bond motifs is 1. The summed E-state index contributed by atoms with van der Waals surface area (Å²) in [4.78, 5) is 12.0. The van der Waals surface area contributed by atoms with Gasteiger partial charge < -0.3 is 4.74 Å². The molecular formula is C17H16O2. The van der Waals surface area contributed by atoms with Crippen LogP contribution in [0.2, 0.25) is 0 Å². The Balaban J connectivity index is 1.78. The van der Waals surface area contributed by atoms with Gasteiger partial charge in [-0.05, 0) is 61.1 Å². The zero-order valence-electron chi connectivity index (χ0n) is 10.8. The summed E-state index contributed by atoms with van der Waals surface area (Å²) >= 11 is 0. The fraction of sp³-hybridized carbons (Fsp3) is 0.235. The third-order valence-corrected chi connectivity index (χ3v) is 3.54. The molecule has 2 nitrogen and oxygen atoms in total. The van der Waals surface area contributed by atoms with Crippen molar-refractivity contribution in [2.75, 3.05) is 0 Å². The molecule has 0 unspecified atom stereocenters. The minimum atomic E-state index is -0.295. The Morgan fingerprint density at radius 3 is 2.42 bits per heavy atom. The maximum absolute atomic E-state index is 12.0. The van der Waals surface area contributed by atoms with Crippen molar-refractivity contribution in [1.29, 1.82) is 0 Å². The van der Waals surface area contributed by atoms with Gasteiger partial charge in [0.15, 0.2) is 0 Å². The monoisotopic (exact) mass is 252 g/mol. The topological polar surface area (TPSA) is 26.3 Å². The third kappa shape index (κ3) is 2.68. The van der Waals surface area contributed by atoms with Gasteiger partial charge in [0.05, 0.1) is 5.56 Å². The van der Waals surface area contributed by atoms with Gasteiger partial charge in [-0.25, -0.2) is 4.79 Å². The summed E-state index contributed by atoms with van der Waals surface area (Å²) in [5.41, 5.74) is 3.30. The molecule has 0 radical (unpaired) electrons. The zero-order chi connectivity index (χ0) is 13.1. The molecule has 0 fully saturated rings. The zero-order valence-corrected chi connectivity index (χ0v) is 10.8. The Labute approximate surface area is 113 Å². The van der Waals surface area contributed by atoms with Crippen molar-refractivity contribution < 1.29 is 9.53 Å². The normalized spacial score (nSPS) is 13.7. The summed E-state index contributed by atoms with van der Waals surface area (Å²) in [6.07, 6.45) is 4.72. The highest BCUT2D eigenvalue weighted by Gasteiger charge is 2.12. The number of aryl methyl sites for hydroxylation is 2. The molecule has 19 heavy (non-hydrogen) atoms. The van der Waals surface area contributed by atoms with Crippen LogP contribution in [-0.4, -0.2) is 5.97 Å². The molecule has 1 aliphatic rings. The molecular weight excluding hydrogens is 236 g/mol. The van der Waals surface area contributed by atoms with Crippen LogP contribution < -0.4 is 4.74 Å². The van der Waals surface area contributed by atoms with E-state index < -0.39 is 0 Å². The van der Waals surface area contributed by atoms with Gasteiger partial charge in [-0.15, -0.1) is 0 Å². The van der Waals surface area contributed by atoms with Crippen molar-refractivity contribution in [2.24, 2.45) is 0 Å². The highest BCUT2D eigenvalue weighted by atomic mass is 16.5. The molecule has 3 rings (SSSR count). The van der Waals surface area contributed by atoms with Gasteiger partial charge in [-0.1, -0.05) is 24.3 Å². The van der Waals surface area contributed by atoms with E-state index in [1.807, 2.05) is 30.3 Å². The van der Waals surface area contributed by atoms with E-state index in [1.165, 1.54) is 24.0 Å². The van der Waals surface area contributed by atoms with E-state index in [-0.39, 0.29) is 5.97 Å². The summed E-state index contributed by atoms with van der Waals surface area (Å²) in [5, 5.41) is 0. The average Bonchev–Trinajstić information content (AvgIpc) is 2.48. The molecule has 0 heterocycles. The van der Waals surface area contributed by atoms with Gasteiger partial charge in [-0.3, -0.25) is 0 Å². The number of esters is 1. The molecule has 0 N–H and O–H groups in total. The van der Waals surface area contributed by atoms with Crippen molar-refractivity contribution in [1.82, 2.24) is 0 Å². The van der Waals surface area contributed by atoms with Crippen molar-refractivity contribution in [3.63, 3.8) is 0 Å². The van der Waals surface area contributed by atoms with Gasteiger partial charge in [0, 0.05) is 0 Å². The molecule has 1 aliphatic carbocycles. The summed E-state index contributed by atoms with van der Waals surface area (Å²) in [5.74, 6) is 0.353. The lowest BCUT2D eigenvalue weighted by Crippen LogP contribution is -2.09. The molecule has 0 saturated carbocycles. The number of hydrogen-bond donors (Lipinski definition) is 0. The molecule has 2 aromatic carbocycles. The van der Waals surface area contributed by atoms with Crippen LogP contribution in [0.25, 0.3) is 0 Å². The highest BCUT2D eigenvalue weighted by molar-refractivity contribution is 5.90. The van der Waals surface area contributed by atoms with Gasteiger partial charge in [0.1, 0.15) is 5.75 Å². The number of carbonyl (C=O) groups is 1. The van der Waals surface area contributed by atoms with E-state index in [9.17, 15) is 4.79 Å². The lowest BCUT2D eigenvalue weighted by atomic mass is 9.92. The second-order valence-corrected chi connectivity index (χ2v) is 4.89. The van der Waals surface area contributed by atoms with Crippen LogP contribution in [0.1, 0.15) is 34.3 Å². The first-order chi connectivity index (χ1) is 9.33. The number of benzene rings is 2. The molecule has 0 saturated heterocycles. The molecule has 0 spiro atoms. The summed E-state index contributed by atoms with van der Waals surface area (Å²) in [7, 11) is 0. The quantitative estimate of drug-likeness (QED) is 0.600. The predicted molar refractivity (Wildman–Crippen MR) is 74.5 cm³/mol. The number of hydrogen-bond acceptors (Lipinski definition) is 2. The molecule has 96 valence electrons. The Bertz CT molecular complexity index is 587. The van der Waals surface area contributed by atoms with Crippen LogP contribution >= 0.6 is 0 Å². The SMILES string of the molecule is O=C(Oc1ccc2c(c1)CCCC2)c1ccccc1. The van der Waals surface area contributed by atoms with Crippen LogP contribution in [0.15, 0.2) is 48.5 Å². The molecule has 2 heteroatoms. The highest BCUT2D eigenvalue weighted by Crippen LogP contribution is 2.25. The number of carbonyl (C=O) groups excluding carboxylic acids is 1. The summed E-state index contributed by atoms with van der Waals surface area (Å²) in [6, 6.07) is 15.1. The first kappa shape index (κ1) is 12.0. The standard InChI is InChI=1S/C17H16O2/c18-17(14-7-2-1-3-8-14)19-16-11-10-13-6-4-5-9-15(13)12-16/h1-3,7-8,10-12H,4-6,9H2. The third-order valence-electron chi connectivity index (χ3n) is 3.54. The first-order valence-electron chi connectivity index (χ1n) is 6.72. The fourth-order valence-corrected chi connectivity index (χ4v) is 2.51. The number of ether oxygens (including phenoxy) is 1. The Morgan fingerprint density at radius 1 is 0.895 bits per heavy atom. The van der Waals surface area contributed by atoms with Crippen molar-refractivity contribution in [3.8, 4) is 5.75 Å². The van der Waals surface area contributed by atoms with E-state index in [1.54, 1.807) is 12.1 Å². The molecule has 0 amide bonds. The Morgan fingerprint density at radius 2 is 1.63 bits per heavy atom. The largest absolute Gasteiger partial charge is 0.423 e. The molecule has 0 aliphatic heterocycles. The molecule has 2 aromatic rings. The van der Waals surface area contributed by atoms with Gasteiger partial charge in [0.2, 0.25) is 0 Å².